The van der Waals surface area contributed by atoms with Crippen LogP contribution in [0.25, 0.3) is 0 Å². The second-order valence-electron chi connectivity index (χ2n) is 6.19. The zero-order chi connectivity index (χ0) is 14.7. The molecule has 1 aromatic carbocycles. The highest BCUT2D eigenvalue weighted by Crippen LogP contribution is 2.37. The van der Waals surface area contributed by atoms with Crippen LogP contribution in [0.15, 0.2) is 42.6 Å². The highest BCUT2D eigenvalue weighted by molar-refractivity contribution is 5.45. The first-order chi connectivity index (χ1) is 10.1. The van der Waals surface area contributed by atoms with Gasteiger partial charge in [-0.1, -0.05) is 24.3 Å². The van der Waals surface area contributed by atoms with Crippen LogP contribution in [0.1, 0.15) is 30.7 Å². The maximum atomic E-state index is 6.09. The molecule has 1 N–H and O–H groups in total. The molecule has 1 aliphatic heterocycles. The molecular formula is C18H22N2O. The van der Waals surface area contributed by atoms with Gasteiger partial charge in [0.25, 0.3) is 0 Å². The Labute approximate surface area is 126 Å². The maximum Gasteiger partial charge on any atom is 0.127 e. The molecule has 0 fully saturated rings. The largest absolute Gasteiger partial charge is 0.487 e. The summed E-state index contributed by atoms with van der Waals surface area (Å²) in [5.74, 6) is 1.08. The monoisotopic (exact) mass is 282 g/mol. The summed E-state index contributed by atoms with van der Waals surface area (Å²) < 4.78 is 6.09. The Balaban J connectivity index is 1.56. The Morgan fingerprint density at radius 2 is 2.10 bits per heavy atom. The molecule has 3 rings (SSSR count). The van der Waals surface area contributed by atoms with Gasteiger partial charge in [0.1, 0.15) is 11.4 Å². The van der Waals surface area contributed by atoms with Crippen molar-refractivity contribution in [2.75, 3.05) is 6.54 Å². The molecule has 0 saturated carbocycles. The number of benzene rings is 1. The van der Waals surface area contributed by atoms with Crippen LogP contribution in [0.3, 0.4) is 0 Å². The van der Waals surface area contributed by atoms with Gasteiger partial charge in [-0.05, 0) is 31.5 Å². The van der Waals surface area contributed by atoms with Crippen molar-refractivity contribution in [2.45, 2.75) is 38.8 Å². The van der Waals surface area contributed by atoms with Gasteiger partial charge >= 0.3 is 0 Å². The number of aromatic nitrogens is 1. The summed E-state index contributed by atoms with van der Waals surface area (Å²) in [4.78, 5) is 4.34. The van der Waals surface area contributed by atoms with Crippen molar-refractivity contribution in [2.24, 2.45) is 0 Å². The molecule has 0 unspecified atom stereocenters. The van der Waals surface area contributed by atoms with Gasteiger partial charge in [0.05, 0.1) is 0 Å². The van der Waals surface area contributed by atoms with Gasteiger partial charge in [0.2, 0.25) is 0 Å². The quantitative estimate of drug-likeness (QED) is 0.856. The van der Waals surface area contributed by atoms with E-state index in [4.69, 9.17) is 4.74 Å². The van der Waals surface area contributed by atoms with E-state index in [0.29, 0.717) is 0 Å². The number of nitrogens with one attached hydrogen (secondary N) is 1. The minimum Gasteiger partial charge on any atom is -0.487 e. The van der Waals surface area contributed by atoms with E-state index in [2.05, 4.69) is 48.4 Å². The third-order valence-corrected chi connectivity index (χ3v) is 3.77. The molecule has 0 radical (unpaired) electrons. The van der Waals surface area contributed by atoms with E-state index >= 15 is 0 Å². The first kappa shape index (κ1) is 14.1. The highest BCUT2D eigenvalue weighted by Gasteiger charge is 2.31. The Morgan fingerprint density at radius 3 is 2.90 bits per heavy atom. The second-order valence-corrected chi connectivity index (χ2v) is 6.19. The number of pyridine rings is 1. The van der Waals surface area contributed by atoms with Crippen LogP contribution in [0.2, 0.25) is 0 Å². The zero-order valence-corrected chi connectivity index (χ0v) is 12.7. The Morgan fingerprint density at radius 1 is 1.19 bits per heavy atom. The van der Waals surface area contributed by atoms with Gasteiger partial charge in [-0.3, -0.25) is 4.98 Å². The van der Waals surface area contributed by atoms with E-state index in [9.17, 15) is 0 Å². The molecule has 21 heavy (non-hydrogen) atoms. The average molecular weight is 282 g/mol. The van der Waals surface area contributed by atoms with E-state index in [-0.39, 0.29) is 5.60 Å². The minimum atomic E-state index is -0.0770. The van der Waals surface area contributed by atoms with Gasteiger partial charge in [-0.15, -0.1) is 0 Å². The summed E-state index contributed by atoms with van der Waals surface area (Å²) in [5.41, 5.74) is 3.62. The molecular weight excluding hydrogens is 260 g/mol. The van der Waals surface area contributed by atoms with E-state index in [1.807, 2.05) is 18.3 Å². The molecule has 110 valence electrons. The van der Waals surface area contributed by atoms with E-state index in [1.165, 1.54) is 11.1 Å². The van der Waals surface area contributed by atoms with Gasteiger partial charge in [0, 0.05) is 43.4 Å². The second kappa shape index (κ2) is 5.86. The third-order valence-electron chi connectivity index (χ3n) is 3.77. The van der Waals surface area contributed by atoms with Crippen LogP contribution in [0.4, 0.5) is 0 Å². The molecule has 0 atom stereocenters. The number of fused-ring (bicyclic) bond motifs is 1. The number of rotatable bonds is 5. The van der Waals surface area contributed by atoms with Gasteiger partial charge in [-0.2, -0.15) is 0 Å². The van der Waals surface area contributed by atoms with Crippen LogP contribution in [0.5, 0.6) is 5.75 Å². The average Bonchev–Trinajstić information content (AvgIpc) is 2.79. The lowest BCUT2D eigenvalue weighted by Gasteiger charge is -2.18. The summed E-state index contributed by atoms with van der Waals surface area (Å²) in [5, 5.41) is 3.49. The first-order valence-electron chi connectivity index (χ1n) is 7.54. The molecule has 1 aliphatic rings. The normalized spacial score (nSPS) is 15.5. The molecule has 3 heteroatoms. The van der Waals surface area contributed by atoms with Crippen LogP contribution in [-0.2, 0) is 19.4 Å². The SMILES string of the molecule is CC1(C)Cc2cccc(CNCCc3ccccn3)c2O1. The van der Waals surface area contributed by atoms with Gasteiger partial charge < -0.3 is 10.1 Å². The van der Waals surface area contributed by atoms with Crippen molar-refractivity contribution in [1.29, 1.82) is 0 Å². The highest BCUT2D eigenvalue weighted by atomic mass is 16.5. The minimum absolute atomic E-state index is 0.0770. The molecule has 0 spiro atoms. The third kappa shape index (κ3) is 3.42. The van der Waals surface area contributed by atoms with Gasteiger partial charge in [0.15, 0.2) is 0 Å². The van der Waals surface area contributed by atoms with Gasteiger partial charge in [-0.25, -0.2) is 0 Å². The number of hydrogen-bond acceptors (Lipinski definition) is 3. The lowest BCUT2D eigenvalue weighted by atomic mass is 10.0. The van der Waals surface area contributed by atoms with Crippen molar-refractivity contribution in [3.63, 3.8) is 0 Å². The van der Waals surface area contributed by atoms with Crippen LogP contribution in [-0.4, -0.2) is 17.1 Å². The summed E-state index contributed by atoms with van der Waals surface area (Å²) in [7, 11) is 0. The predicted molar refractivity (Wildman–Crippen MR) is 84.5 cm³/mol. The summed E-state index contributed by atoms with van der Waals surface area (Å²) >= 11 is 0. The van der Waals surface area contributed by atoms with Crippen molar-refractivity contribution < 1.29 is 4.74 Å². The molecule has 3 nitrogen and oxygen atoms in total. The first-order valence-corrected chi connectivity index (χ1v) is 7.54. The Hall–Kier alpha value is -1.87. The Bertz CT molecular complexity index is 608. The van der Waals surface area contributed by atoms with Crippen molar-refractivity contribution in [1.82, 2.24) is 10.3 Å². The van der Waals surface area contributed by atoms with Crippen LogP contribution in [0, 0.1) is 0 Å². The lowest BCUT2D eigenvalue weighted by Crippen LogP contribution is -2.25. The fourth-order valence-electron chi connectivity index (χ4n) is 2.80. The summed E-state index contributed by atoms with van der Waals surface area (Å²) in [6.45, 7) is 6.05. The van der Waals surface area contributed by atoms with Crippen molar-refractivity contribution in [3.8, 4) is 5.75 Å². The van der Waals surface area contributed by atoms with E-state index in [0.717, 1.165) is 37.4 Å². The maximum absolute atomic E-state index is 6.09. The molecule has 1 aromatic heterocycles. The topological polar surface area (TPSA) is 34.2 Å². The fourth-order valence-corrected chi connectivity index (χ4v) is 2.80. The van der Waals surface area contributed by atoms with Crippen molar-refractivity contribution in [3.05, 3.63) is 59.4 Å². The van der Waals surface area contributed by atoms with Crippen LogP contribution >= 0.6 is 0 Å². The zero-order valence-electron chi connectivity index (χ0n) is 12.7. The summed E-state index contributed by atoms with van der Waals surface area (Å²) in [6.07, 6.45) is 3.78. The number of hydrogen-bond donors (Lipinski definition) is 1. The molecule has 2 aromatic rings. The van der Waals surface area contributed by atoms with Crippen LogP contribution < -0.4 is 10.1 Å². The standard InChI is InChI=1S/C18H22N2O/c1-18(2)12-14-6-5-7-15(17(14)21-18)13-19-11-9-16-8-3-4-10-20-16/h3-8,10,19H,9,11-13H2,1-2H3. The van der Waals surface area contributed by atoms with Crippen molar-refractivity contribution >= 4 is 0 Å². The predicted octanol–water partition coefficient (Wildman–Crippen LogP) is 3.13. The molecule has 0 aliphatic carbocycles. The smallest absolute Gasteiger partial charge is 0.127 e. The molecule has 0 bridgehead atoms. The number of nitrogens with zero attached hydrogens (tertiary/aromatic N) is 1. The summed E-state index contributed by atoms with van der Waals surface area (Å²) in [6, 6.07) is 12.5. The number of ether oxygens (including phenoxy) is 1. The number of para-hydroxylation sites is 1. The molecule has 2 heterocycles. The lowest BCUT2D eigenvalue weighted by molar-refractivity contribution is 0.137. The fraction of sp³-hybridized carbons (Fsp3) is 0.389. The van der Waals surface area contributed by atoms with E-state index < -0.39 is 0 Å². The molecule has 0 saturated heterocycles. The Kier molecular flexibility index (Phi) is 3.93. The molecule has 0 amide bonds. The van der Waals surface area contributed by atoms with E-state index in [1.54, 1.807) is 0 Å².